The molecule has 0 atom stereocenters. The summed E-state index contributed by atoms with van der Waals surface area (Å²) < 4.78 is 9.51. The highest BCUT2D eigenvalue weighted by Crippen LogP contribution is 1.82. The Balaban J connectivity index is 3.36. The highest BCUT2D eigenvalue weighted by molar-refractivity contribution is 5.81. The van der Waals surface area contributed by atoms with E-state index in [0.29, 0.717) is 13.2 Å². The molecule has 0 rings (SSSR count). The van der Waals surface area contributed by atoms with E-state index in [1.807, 2.05) is 0 Å². The first kappa shape index (κ1) is 10.7. The summed E-state index contributed by atoms with van der Waals surface area (Å²) >= 11 is 0. The first-order valence-electron chi connectivity index (χ1n) is 3.65. The van der Waals surface area contributed by atoms with Gasteiger partial charge >= 0.3 is 5.97 Å². The molecular formula is C9H12O3. The quantitative estimate of drug-likeness (QED) is 0.263. The van der Waals surface area contributed by atoms with Crippen LogP contribution in [0.2, 0.25) is 0 Å². The summed E-state index contributed by atoms with van der Waals surface area (Å²) in [5, 5.41) is 0. The van der Waals surface area contributed by atoms with E-state index in [0.717, 1.165) is 0 Å². The maximum atomic E-state index is 10.7. The summed E-state index contributed by atoms with van der Waals surface area (Å²) in [6.45, 7) is 2.73. The number of carbonyl (C=O) groups excluding carboxylic acids is 1. The monoisotopic (exact) mass is 168 g/mol. The Hall–Kier alpha value is -1.27. The molecule has 0 amide bonds. The Bertz CT molecular complexity index is 188. The fraction of sp³-hybridized carbons (Fsp3) is 0.444. The third-order valence-electron chi connectivity index (χ3n) is 0.940. The standard InChI is InChI=1S/C9H12O3/c1-3-7-11-8-5-6-9(10)12-4-2/h1,5-6H,4,7-8H2,2H3/b6-5+. The maximum Gasteiger partial charge on any atom is 0.330 e. The average molecular weight is 168 g/mol. The molecule has 0 spiro atoms. The van der Waals surface area contributed by atoms with Crippen LogP contribution in [-0.2, 0) is 14.3 Å². The Kier molecular flexibility index (Phi) is 7.00. The first-order chi connectivity index (χ1) is 5.81. The number of ether oxygens (including phenoxy) is 2. The van der Waals surface area contributed by atoms with Crippen molar-refractivity contribution in [2.24, 2.45) is 0 Å². The Morgan fingerprint density at radius 1 is 1.67 bits per heavy atom. The molecule has 0 saturated carbocycles. The van der Waals surface area contributed by atoms with E-state index in [2.05, 4.69) is 10.7 Å². The minimum atomic E-state index is -0.359. The molecule has 0 saturated heterocycles. The lowest BCUT2D eigenvalue weighted by Gasteiger charge is -1.94. The third kappa shape index (κ3) is 6.84. The lowest BCUT2D eigenvalue weighted by atomic mass is 10.5. The van der Waals surface area contributed by atoms with Crippen molar-refractivity contribution in [3.8, 4) is 12.3 Å². The summed E-state index contributed by atoms with van der Waals surface area (Å²) in [6, 6.07) is 0. The van der Waals surface area contributed by atoms with Crippen LogP contribution in [0.25, 0.3) is 0 Å². The van der Waals surface area contributed by atoms with Crippen LogP contribution in [0.5, 0.6) is 0 Å². The summed E-state index contributed by atoms with van der Waals surface area (Å²) in [5.74, 6) is 1.95. The van der Waals surface area contributed by atoms with Crippen molar-refractivity contribution in [3.05, 3.63) is 12.2 Å². The third-order valence-corrected chi connectivity index (χ3v) is 0.940. The van der Waals surface area contributed by atoms with Crippen LogP contribution in [0.3, 0.4) is 0 Å². The van der Waals surface area contributed by atoms with Gasteiger partial charge in [0.2, 0.25) is 0 Å². The molecule has 0 aromatic heterocycles. The SMILES string of the molecule is C#CCOC/C=C/C(=O)OCC. The molecular weight excluding hydrogens is 156 g/mol. The van der Waals surface area contributed by atoms with Crippen molar-refractivity contribution in [1.29, 1.82) is 0 Å². The second-order valence-electron chi connectivity index (χ2n) is 1.87. The summed E-state index contributed by atoms with van der Waals surface area (Å²) in [4.78, 5) is 10.7. The van der Waals surface area contributed by atoms with E-state index >= 15 is 0 Å². The molecule has 3 heteroatoms. The van der Waals surface area contributed by atoms with Gasteiger partial charge in [-0.25, -0.2) is 4.79 Å². The van der Waals surface area contributed by atoms with E-state index in [4.69, 9.17) is 11.2 Å². The molecule has 0 heterocycles. The van der Waals surface area contributed by atoms with Crippen molar-refractivity contribution < 1.29 is 14.3 Å². The van der Waals surface area contributed by atoms with Crippen LogP contribution >= 0.6 is 0 Å². The van der Waals surface area contributed by atoms with Gasteiger partial charge in [0.05, 0.1) is 13.2 Å². The van der Waals surface area contributed by atoms with Crippen LogP contribution in [0, 0.1) is 12.3 Å². The van der Waals surface area contributed by atoms with Crippen LogP contribution in [0.1, 0.15) is 6.92 Å². The molecule has 0 aromatic rings. The highest BCUT2D eigenvalue weighted by Gasteiger charge is 1.91. The second-order valence-corrected chi connectivity index (χ2v) is 1.87. The highest BCUT2D eigenvalue weighted by atomic mass is 16.5. The zero-order valence-electron chi connectivity index (χ0n) is 7.08. The van der Waals surface area contributed by atoms with Gasteiger partial charge in [0.25, 0.3) is 0 Å². The minimum absolute atomic E-state index is 0.257. The van der Waals surface area contributed by atoms with Gasteiger partial charge in [0, 0.05) is 6.08 Å². The van der Waals surface area contributed by atoms with Crippen LogP contribution < -0.4 is 0 Å². The van der Waals surface area contributed by atoms with Gasteiger partial charge in [-0.1, -0.05) is 12.0 Å². The van der Waals surface area contributed by atoms with Gasteiger partial charge < -0.3 is 9.47 Å². The van der Waals surface area contributed by atoms with Gasteiger partial charge in [0.1, 0.15) is 6.61 Å². The van der Waals surface area contributed by atoms with Gasteiger partial charge in [-0.15, -0.1) is 6.42 Å². The molecule has 0 aliphatic heterocycles. The van der Waals surface area contributed by atoms with Crippen molar-refractivity contribution in [2.45, 2.75) is 6.92 Å². The molecule has 0 unspecified atom stereocenters. The maximum absolute atomic E-state index is 10.7. The fourth-order valence-electron chi connectivity index (χ4n) is 0.521. The molecule has 0 N–H and O–H groups in total. The number of rotatable bonds is 5. The predicted octanol–water partition coefficient (Wildman–Crippen LogP) is 0.755. The van der Waals surface area contributed by atoms with E-state index in [9.17, 15) is 4.79 Å². The van der Waals surface area contributed by atoms with Gasteiger partial charge in [0.15, 0.2) is 0 Å². The number of hydrogen-bond acceptors (Lipinski definition) is 3. The van der Waals surface area contributed by atoms with Gasteiger partial charge in [-0.05, 0) is 6.92 Å². The summed E-state index contributed by atoms with van der Waals surface area (Å²) in [5.41, 5.74) is 0. The molecule has 0 fully saturated rings. The van der Waals surface area contributed by atoms with E-state index in [-0.39, 0.29) is 12.6 Å². The van der Waals surface area contributed by atoms with Gasteiger partial charge in [-0.3, -0.25) is 0 Å². The van der Waals surface area contributed by atoms with Crippen molar-refractivity contribution in [2.75, 3.05) is 19.8 Å². The van der Waals surface area contributed by atoms with Crippen molar-refractivity contribution in [1.82, 2.24) is 0 Å². The predicted molar refractivity (Wildman–Crippen MR) is 45.4 cm³/mol. The molecule has 0 aromatic carbocycles. The van der Waals surface area contributed by atoms with Crippen molar-refractivity contribution >= 4 is 5.97 Å². The molecule has 3 nitrogen and oxygen atoms in total. The lowest BCUT2D eigenvalue weighted by Crippen LogP contribution is -2.00. The Labute approximate surface area is 72.4 Å². The van der Waals surface area contributed by atoms with Crippen LogP contribution in [-0.4, -0.2) is 25.8 Å². The van der Waals surface area contributed by atoms with E-state index < -0.39 is 0 Å². The zero-order chi connectivity index (χ0) is 9.23. The smallest absolute Gasteiger partial charge is 0.330 e. The topological polar surface area (TPSA) is 35.5 Å². The molecule has 0 bridgehead atoms. The Morgan fingerprint density at radius 3 is 3.00 bits per heavy atom. The van der Waals surface area contributed by atoms with Crippen molar-refractivity contribution in [3.63, 3.8) is 0 Å². The normalized spacial score (nSPS) is 9.67. The largest absolute Gasteiger partial charge is 0.463 e. The second kappa shape index (κ2) is 7.83. The van der Waals surface area contributed by atoms with Crippen LogP contribution in [0.4, 0.5) is 0 Å². The fourth-order valence-corrected chi connectivity index (χ4v) is 0.521. The molecule has 0 aliphatic rings. The number of hydrogen-bond donors (Lipinski definition) is 0. The average Bonchev–Trinajstić information content (AvgIpc) is 2.05. The molecule has 66 valence electrons. The molecule has 12 heavy (non-hydrogen) atoms. The number of esters is 1. The van der Waals surface area contributed by atoms with E-state index in [1.54, 1.807) is 13.0 Å². The lowest BCUT2D eigenvalue weighted by molar-refractivity contribution is -0.137. The Morgan fingerprint density at radius 2 is 2.42 bits per heavy atom. The zero-order valence-corrected chi connectivity index (χ0v) is 7.08. The van der Waals surface area contributed by atoms with Crippen LogP contribution in [0.15, 0.2) is 12.2 Å². The summed E-state index contributed by atoms with van der Waals surface area (Å²) in [7, 11) is 0. The van der Waals surface area contributed by atoms with E-state index in [1.165, 1.54) is 6.08 Å². The minimum Gasteiger partial charge on any atom is -0.463 e. The molecule has 0 aliphatic carbocycles. The number of terminal acetylenes is 1. The van der Waals surface area contributed by atoms with Gasteiger partial charge in [-0.2, -0.15) is 0 Å². The summed E-state index contributed by atoms with van der Waals surface area (Å²) in [6.07, 6.45) is 7.81. The number of carbonyl (C=O) groups is 1. The first-order valence-corrected chi connectivity index (χ1v) is 3.65. The molecule has 0 radical (unpaired) electrons.